The predicted octanol–water partition coefficient (Wildman–Crippen LogP) is 3.93. The van der Waals surface area contributed by atoms with Gasteiger partial charge in [0.05, 0.1) is 15.2 Å². The number of benzene rings is 1. The molecule has 0 spiro atoms. The van der Waals surface area contributed by atoms with Crippen molar-refractivity contribution in [2.45, 2.75) is 23.0 Å². The molecule has 7 heteroatoms. The Labute approximate surface area is 143 Å². The standard InChI is InChI=1S/C16H16N2O2S3/c19-23(20,15-8-4-10-21-15)18-9-3-5-12(11-18)16-17-13-6-1-2-7-14(13)22-16/h1-2,4,6-8,10,12H,3,5,9,11H2/t12-/m1/s1. The van der Waals surface area contributed by atoms with Gasteiger partial charge in [-0.1, -0.05) is 18.2 Å². The highest BCUT2D eigenvalue weighted by atomic mass is 32.2. The molecule has 0 bridgehead atoms. The van der Waals surface area contributed by atoms with E-state index in [0.29, 0.717) is 17.3 Å². The molecule has 0 saturated carbocycles. The van der Waals surface area contributed by atoms with Crippen molar-refractivity contribution in [1.29, 1.82) is 0 Å². The van der Waals surface area contributed by atoms with Crippen molar-refractivity contribution in [3.05, 3.63) is 46.8 Å². The number of aromatic nitrogens is 1. The molecule has 1 aliphatic heterocycles. The maximum Gasteiger partial charge on any atom is 0.252 e. The SMILES string of the molecule is O=S(=O)(c1cccs1)N1CCC[C@@H](c2nc3ccccc3s2)C1. The van der Waals surface area contributed by atoms with Crippen LogP contribution in [0, 0.1) is 0 Å². The number of fused-ring (bicyclic) bond motifs is 1. The fourth-order valence-electron chi connectivity index (χ4n) is 2.96. The number of hydrogen-bond donors (Lipinski definition) is 0. The Morgan fingerprint density at radius 3 is 2.83 bits per heavy atom. The molecule has 3 heterocycles. The van der Waals surface area contributed by atoms with Gasteiger partial charge >= 0.3 is 0 Å². The smallest absolute Gasteiger partial charge is 0.241 e. The third kappa shape index (κ3) is 2.82. The van der Waals surface area contributed by atoms with Crippen LogP contribution in [-0.4, -0.2) is 30.8 Å². The van der Waals surface area contributed by atoms with Gasteiger partial charge in [0.25, 0.3) is 10.0 Å². The normalized spacial score (nSPS) is 20.1. The summed E-state index contributed by atoms with van der Waals surface area (Å²) in [6, 6.07) is 11.5. The zero-order valence-corrected chi connectivity index (χ0v) is 14.8. The zero-order valence-electron chi connectivity index (χ0n) is 12.4. The molecule has 0 amide bonds. The molecule has 0 unspecified atom stereocenters. The molecular formula is C16H16N2O2S3. The van der Waals surface area contributed by atoms with Gasteiger partial charge in [-0.25, -0.2) is 13.4 Å². The highest BCUT2D eigenvalue weighted by molar-refractivity contribution is 7.91. The highest BCUT2D eigenvalue weighted by Gasteiger charge is 2.32. The summed E-state index contributed by atoms with van der Waals surface area (Å²) in [5.41, 5.74) is 1.01. The van der Waals surface area contributed by atoms with E-state index in [1.165, 1.54) is 16.0 Å². The molecule has 1 aromatic carbocycles. The van der Waals surface area contributed by atoms with Crippen LogP contribution < -0.4 is 0 Å². The number of sulfonamides is 1. The summed E-state index contributed by atoms with van der Waals surface area (Å²) >= 11 is 2.97. The molecule has 23 heavy (non-hydrogen) atoms. The summed E-state index contributed by atoms with van der Waals surface area (Å²) in [7, 11) is -3.36. The molecule has 0 aliphatic carbocycles. The maximum atomic E-state index is 12.7. The van der Waals surface area contributed by atoms with E-state index in [1.54, 1.807) is 27.8 Å². The largest absolute Gasteiger partial charge is 0.252 e. The monoisotopic (exact) mass is 364 g/mol. The van der Waals surface area contributed by atoms with E-state index in [0.717, 1.165) is 23.4 Å². The molecule has 120 valence electrons. The minimum Gasteiger partial charge on any atom is -0.241 e. The van der Waals surface area contributed by atoms with Crippen LogP contribution in [0.5, 0.6) is 0 Å². The second-order valence-corrected chi connectivity index (χ2v) is 9.83. The highest BCUT2D eigenvalue weighted by Crippen LogP contribution is 2.35. The Morgan fingerprint density at radius 1 is 1.17 bits per heavy atom. The lowest BCUT2D eigenvalue weighted by molar-refractivity contribution is 0.316. The Hall–Kier alpha value is -1.28. The van der Waals surface area contributed by atoms with Crippen molar-refractivity contribution in [2.24, 2.45) is 0 Å². The number of thiophene rings is 1. The molecule has 0 N–H and O–H groups in total. The fraction of sp³-hybridized carbons (Fsp3) is 0.312. The third-order valence-corrected chi connectivity index (χ3v) is 8.57. The summed E-state index contributed by atoms with van der Waals surface area (Å²) < 4.78 is 28.7. The number of para-hydroxylation sites is 1. The van der Waals surface area contributed by atoms with Gasteiger partial charge in [0.15, 0.2) is 0 Å². The van der Waals surface area contributed by atoms with E-state index in [9.17, 15) is 8.42 Å². The van der Waals surface area contributed by atoms with Crippen molar-refractivity contribution in [2.75, 3.05) is 13.1 Å². The van der Waals surface area contributed by atoms with E-state index < -0.39 is 10.0 Å². The minimum atomic E-state index is -3.36. The molecule has 1 fully saturated rings. The van der Waals surface area contributed by atoms with Gasteiger partial charge in [-0.2, -0.15) is 4.31 Å². The summed E-state index contributed by atoms with van der Waals surface area (Å²) in [5, 5.41) is 2.86. The van der Waals surface area contributed by atoms with Crippen LogP contribution in [0.3, 0.4) is 0 Å². The first-order valence-corrected chi connectivity index (χ1v) is 10.7. The fourth-order valence-corrected chi connectivity index (χ4v) is 6.73. The molecule has 4 nitrogen and oxygen atoms in total. The number of piperidine rings is 1. The van der Waals surface area contributed by atoms with Gasteiger partial charge in [-0.05, 0) is 36.4 Å². The van der Waals surface area contributed by atoms with Crippen LogP contribution in [0.2, 0.25) is 0 Å². The molecule has 1 atom stereocenters. The topological polar surface area (TPSA) is 50.3 Å². The number of nitrogens with zero attached hydrogens (tertiary/aromatic N) is 2. The van der Waals surface area contributed by atoms with Gasteiger partial charge in [0.2, 0.25) is 0 Å². The molecule has 1 aliphatic rings. The van der Waals surface area contributed by atoms with Gasteiger partial charge in [0.1, 0.15) is 4.21 Å². The van der Waals surface area contributed by atoms with Crippen molar-refractivity contribution < 1.29 is 8.42 Å². The number of hydrogen-bond acceptors (Lipinski definition) is 5. The summed E-state index contributed by atoms with van der Waals surface area (Å²) in [5.74, 6) is 0.191. The average molecular weight is 365 g/mol. The van der Waals surface area contributed by atoms with E-state index in [4.69, 9.17) is 4.98 Å². The van der Waals surface area contributed by atoms with Gasteiger partial charge in [0, 0.05) is 19.0 Å². The van der Waals surface area contributed by atoms with Crippen LogP contribution in [0.4, 0.5) is 0 Å². The van der Waals surface area contributed by atoms with Gasteiger partial charge in [-0.15, -0.1) is 22.7 Å². The van der Waals surface area contributed by atoms with Gasteiger partial charge in [-0.3, -0.25) is 0 Å². The Morgan fingerprint density at radius 2 is 2.04 bits per heavy atom. The first kappa shape index (κ1) is 15.3. The molecule has 2 aromatic heterocycles. The summed E-state index contributed by atoms with van der Waals surface area (Å²) in [6.45, 7) is 1.13. The van der Waals surface area contributed by atoms with E-state index in [1.807, 2.05) is 23.6 Å². The number of rotatable bonds is 3. The lowest BCUT2D eigenvalue weighted by Gasteiger charge is -2.30. The van der Waals surface area contributed by atoms with E-state index in [2.05, 4.69) is 6.07 Å². The quantitative estimate of drug-likeness (QED) is 0.708. The minimum absolute atomic E-state index is 0.191. The summed E-state index contributed by atoms with van der Waals surface area (Å²) in [6.07, 6.45) is 1.88. The lowest BCUT2D eigenvalue weighted by atomic mass is 10.0. The average Bonchev–Trinajstić information content (AvgIpc) is 3.24. The summed E-state index contributed by atoms with van der Waals surface area (Å²) in [4.78, 5) is 4.72. The van der Waals surface area contributed by atoms with E-state index in [-0.39, 0.29) is 5.92 Å². The van der Waals surface area contributed by atoms with Crippen molar-refractivity contribution in [1.82, 2.24) is 9.29 Å². The van der Waals surface area contributed by atoms with Crippen LogP contribution in [0.1, 0.15) is 23.8 Å². The second-order valence-electron chi connectivity index (χ2n) is 5.65. The molecule has 4 rings (SSSR count). The first-order chi connectivity index (χ1) is 11.1. The van der Waals surface area contributed by atoms with Crippen LogP contribution in [0.25, 0.3) is 10.2 Å². The van der Waals surface area contributed by atoms with Crippen LogP contribution in [0.15, 0.2) is 46.0 Å². The molecule has 1 saturated heterocycles. The van der Waals surface area contributed by atoms with Crippen molar-refractivity contribution >= 4 is 42.9 Å². The molecular weight excluding hydrogens is 348 g/mol. The Kier molecular flexibility index (Phi) is 3.96. The van der Waals surface area contributed by atoms with Crippen molar-refractivity contribution in [3.8, 4) is 0 Å². The second kappa shape index (κ2) is 5.98. The third-order valence-electron chi connectivity index (χ3n) is 4.13. The van der Waals surface area contributed by atoms with Crippen LogP contribution >= 0.6 is 22.7 Å². The predicted molar refractivity (Wildman–Crippen MR) is 94.7 cm³/mol. The Balaban J connectivity index is 1.62. The van der Waals surface area contributed by atoms with Crippen molar-refractivity contribution in [3.63, 3.8) is 0 Å². The van der Waals surface area contributed by atoms with E-state index >= 15 is 0 Å². The lowest BCUT2D eigenvalue weighted by Crippen LogP contribution is -2.38. The Bertz CT molecular complexity index is 883. The van der Waals surface area contributed by atoms with Gasteiger partial charge < -0.3 is 0 Å². The molecule has 0 radical (unpaired) electrons. The first-order valence-electron chi connectivity index (χ1n) is 7.54. The molecule has 3 aromatic rings. The number of thiazole rings is 1. The maximum absolute atomic E-state index is 12.7. The zero-order chi connectivity index (χ0) is 15.9. The van der Waals surface area contributed by atoms with Crippen LogP contribution in [-0.2, 0) is 10.0 Å².